The number of ketones is 1. The van der Waals surface area contributed by atoms with E-state index >= 15 is 0 Å². The fraction of sp³-hybridized carbons (Fsp3) is 0.417. The van der Waals surface area contributed by atoms with E-state index in [-0.39, 0.29) is 17.6 Å². The third kappa shape index (κ3) is 4.97. The van der Waals surface area contributed by atoms with Crippen LogP contribution in [0.3, 0.4) is 0 Å². The number of ether oxygens (including phenoxy) is 2. The molecule has 3 rings (SSSR count). The molecule has 2 aromatic carbocycles. The molecule has 0 unspecified atom stereocenters. The maximum Gasteiger partial charge on any atom is 0.222 e. The Hall–Kier alpha value is -2.82. The molecule has 0 N–H and O–H groups in total. The summed E-state index contributed by atoms with van der Waals surface area (Å²) in [4.78, 5) is 27.7. The maximum atomic E-state index is 13.1. The zero-order valence-corrected chi connectivity index (χ0v) is 17.4. The van der Waals surface area contributed by atoms with E-state index in [1.807, 2.05) is 54.3 Å². The molecule has 0 saturated carbocycles. The molecule has 154 valence electrons. The number of Topliss-reactive ketones (excluding diaryl/α,β-unsaturated/α-hetero) is 1. The zero-order chi connectivity index (χ0) is 20.8. The summed E-state index contributed by atoms with van der Waals surface area (Å²) in [6.07, 6.45) is 2.73. The van der Waals surface area contributed by atoms with Crippen molar-refractivity contribution in [3.05, 3.63) is 59.2 Å². The quantitative estimate of drug-likeness (QED) is 0.663. The third-order valence-corrected chi connectivity index (χ3v) is 5.64. The largest absolute Gasteiger partial charge is 0.497 e. The van der Waals surface area contributed by atoms with E-state index in [9.17, 15) is 9.59 Å². The van der Waals surface area contributed by atoms with Crippen molar-refractivity contribution in [1.82, 2.24) is 4.90 Å². The second-order valence-electron chi connectivity index (χ2n) is 7.54. The van der Waals surface area contributed by atoms with Gasteiger partial charge < -0.3 is 14.4 Å². The van der Waals surface area contributed by atoms with E-state index < -0.39 is 0 Å². The Labute approximate surface area is 172 Å². The summed E-state index contributed by atoms with van der Waals surface area (Å²) in [6.45, 7) is 3.14. The molecular formula is C24H29NO4. The van der Waals surface area contributed by atoms with Crippen LogP contribution in [0.4, 0.5) is 0 Å². The number of benzene rings is 2. The second kappa shape index (κ2) is 9.59. The molecule has 0 radical (unpaired) electrons. The molecule has 1 saturated heterocycles. The zero-order valence-electron chi connectivity index (χ0n) is 17.4. The Morgan fingerprint density at radius 1 is 1.10 bits per heavy atom. The first-order valence-corrected chi connectivity index (χ1v) is 10.1. The fourth-order valence-corrected chi connectivity index (χ4v) is 3.99. The van der Waals surface area contributed by atoms with Crippen LogP contribution in [-0.2, 0) is 11.2 Å². The Balaban J connectivity index is 1.62. The number of likely N-dealkylation sites (tertiary alicyclic amines) is 1. The van der Waals surface area contributed by atoms with Gasteiger partial charge in [0.25, 0.3) is 0 Å². The summed E-state index contributed by atoms with van der Waals surface area (Å²) in [5.74, 6) is 1.62. The minimum absolute atomic E-state index is 0.0971. The summed E-state index contributed by atoms with van der Waals surface area (Å²) in [5, 5.41) is 0. The van der Waals surface area contributed by atoms with Gasteiger partial charge in [0.1, 0.15) is 11.5 Å². The van der Waals surface area contributed by atoms with Crippen LogP contribution < -0.4 is 9.47 Å². The highest BCUT2D eigenvalue weighted by Gasteiger charge is 2.29. The van der Waals surface area contributed by atoms with Crippen molar-refractivity contribution in [2.75, 3.05) is 27.3 Å². The van der Waals surface area contributed by atoms with Crippen molar-refractivity contribution in [3.63, 3.8) is 0 Å². The number of para-hydroxylation sites is 1. The van der Waals surface area contributed by atoms with Crippen molar-refractivity contribution in [3.8, 4) is 11.5 Å². The van der Waals surface area contributed by atoms with Gasteiger partial charge in [-0.25, -0.2) is 0 Å². The molecule has 1 aliphatic heterocycles. The first-order chi connectivity index (χ1) is 14.0. The van der Waals surface area contributed by atoms with Crippen LogP contribution in [0, 0.1) is 12.8 Å². The number of amides is 1. The monoisotopic (exact) mass is 395 g/mol. The average Bonchev–Trinajstić information content (AvgIpc) is 2.77. The Morgan fingerprint density at radius 3 is 2.62 bits per heavy atom. The van der Waals surface area contributed by atoms with Gasteiger partial charge in [-0.15, -0.1) is 0 Å². The molecule has 29 heavy (non-hydrogen) atoms. The van der Waals surface area contributed by atoms with Crippen LogP contribution in [0.25, 0.3) is 0 Å². The fourth-order valence-electron chi connectivity index (χ4n) is 3.99. The van der Waals surface area contributed by atoms with E-state index in [0.29, 0.717) is 19.4 Å². The topological polar surface area (TPSA) is 55.8 Å². The van der Waals surface area contributed by atoms with E-state index in [2.05, 4.69) is 0 Å². The molecule has 5 heteroatoms. The van der Waals surface area contributed by atoms with Crippen LogP contribution in [0.2, 0.25) is 0 Å². The molecular weight excluding hydrogens is 366 g/mol. The first-order valence-electron chi connectivity index (χ1n) is 10.1. The molecule has 1 amide bonds. The van der Waals surface area contributed by atoms with E-state index in [1.54, 1.807) is 14.2 Å². The van der Waals surface area contributed by atoms with Crippen molar-refractivity contribution >= 4 is 11.7 Å². The lowest BCUT2D eigenvalue weighted by molar-refractivity contribution is -0.132. The first kappa shape index (κ1) is 20.9. The minimum atomic E-state index is -0.147. The van der Waals surface area contributed by atoms with Crippen molar-refractivity contribution in [1.29, 1.82) is 0 Å². The van der Waals surface area contributed by atoms with Crippen LogP contribution in [0.5, 0.6) is 11.5 Å². The van der Waals surface area contributed by atoms with Crippen LogP contribution in [0.1, 0.15) is 40.7 Å². The molecule has 0 spiro atoms. The maximum absolute atomic E-state index is 13.1. The molecule has 2 aromatic rings. The molecule has 0 aromatic heterocycles. The van der Waals surface area contributed by atoms with Crippen LogP contribution in [-0.4, -0.2) is 43.9 Å². The van der Waals surface area contributed by atoms with E-state index in [1.165, 1.54) is 0 Å². The van der Waals surface area contributed by atoms with Gasteiger partial charge in [-0.3, -0.25) is 9.59 Å². The Kier molecular flexibility index (Phi) is 6.91. The highest BCUT2D eigenvalue weighted by molar-refractivity contribution is 5.99. The Morgan fingerprint density at radius 2 is 1.90 bits per heavy atom. The predicted octanol–water partition coefficient (Wildman–Crippen LogP) is 4.07. The number of piperidine rings is 1. The van der Waals surface area contributed by atoms with Gasteiger partial charge in [-0.1, -0.05) is 18.2 Å². The Bertz CT molecular complexity index is 877. The highest BCUT2D eigenvalue weighted by atomic mass is 16.5. The van der Waals surface area contributed by atoms with Crippen LogP contribution in [0.15, 0.2) is 42.5 Å². The number of carbonyl (C=O) groups excluding carboxylic acids is 2. The van der Waals surface area contributed by atoms with Gasteiger partial charge in [0.2, 0.25) is 5.91 Å². The smallest absolute Gasteiger partial charge is 0.222 e. The summed E-state index contributed by atoms with van der Waals surface area (Å²) < 4.78 is 10.6. The molecule has 1 aliphatic rings. The van der Waals surface area contributed by atoms with Gasteiger partial charge in [0.05, 0.1) is 14.2 Å². The van der Waals surface area contributed by atoms with Crippen molar-refractivity contribution in [2.45, 2.75) is 32.6 Å². The standard InChI is InChI=1S/C24H29NO4/c1-17-15-20(28-2)11-12-21(17)24(27)19-8-6-14-25(16-19)23(26)13-10-18-7-4-5-9-22(18)29-3/h4-5,7,9,11-12,15,19H,6,8,10,13-14,16H2,1-3H3/t19-/m1/s1. The number of hydrogen-bond acceptors (Lipinski definition) is 4. The third-order valence-electron chi connectivity index (χ3n) is 5.64. The number of nitrogens with zero attached hydrogens (tertiary/aromatic N) is 1. The van der Waals surface area contributed by atoms with Gasteiger partial charge in [0, 0.05) is 31.0 Å². The van der Waals surface area contributed by atoms with Crippen molar-refractivity contribution < 1.29 is 19.1 Å². The number of methoxy groups -OCH3 is 2. The van der Waals surface area contributed by atoms with Gasteiger partial charge >= 0.3 is 0 Å². The number of aryl methyl sites for hydroxylation is 2. The highest BCUT2D eigenvalue weighted by Crippen LogP contribution is 2.26. The normalized spacial score (nSPS) is 16.4. The predicted molar refractivity (Wildman–Crippen MR) is 113 cm³/mol. The van der Waals surface area contributed by atoms with Gasteiger partial charge in [-0.2, -0.15) is 0 Å². The summed E-state index contributed by atoms with van der Waals surface area (Å²) in [7, 11) is 3.26. The number of carbonyl (C=O) groups is 2. The van der Waals surface area contributed by atoms with Crippen molar-refractivity contribution in [2.24, 2.45) is 5.92 Å². The van der Waals surface area contributed by atoms with Gasteiger partial charge in [0.15, 0.2) is 5.78 Å². The van der Waals surface area contributed by atoms with Crippen LogP contribution >= 0.6 is 0 Å². The summed E-state index contributed by atoms with van der Waals surface area (Å²) in [5.41, 5.74) is 2.66. The number of rotatable bonds is 7. The van der Waals surface area contributed by atoms with Gasteiger partial charge in [-0.05, 0) is 61.6 Å². The lowest BCUT2D eigenvalue weighted by Gasteiger charge is -2.32. The molecule has 1 fully saturated rings. The summed E-state index contributed by atoms with van der Waals surface area (Å²) in [6, 6.07) is 13.3. The molecule has 0 aliphatic carbocycles. The minimum Gasteiger partial charge on any atom is -0.497 e. The van der Waals surface area contributed by atoms with E-state index in [0.717, 1.165) is 47.6 Å². The number of hydrogen-bond donors (Lipinski definition) is 0. The molecule has 0 bridgehead atoms. The molecule has 5 nitrogen and oxygen atoms in total. The lowest BCUT2D eigenvalue weighted by Crippen LogP contribution is -2.42. The molecule has 1 heterocycles. The summed E-state index contributed by atoms with van der Waals surface area (Å²) >= 11 is 0. The molecule has 1 atom stereocenters. The second-order valence-corrected chi connectivity index (χ2v) is 7.54. The SMILES string of the molecule is COc1ccc(C(=O)[C@@H]2CCCN(C(=O)CCc3ccccc3OC)C2)c(C)c1. The van der Waals surface area contributed by atoms with E-state index in [4.69, 9.17) is 9.47 Å². The lowest BCUT2D eigenvalue weighted by atomic mass is 9.88. The average molecular weight is 395 g/mol.